The maximum Gasteiger partial charge on any atom is 0.372 e. The van der Waals surface area contributed by atoms with Gasteiger partial charge >= 0.3 is 11.9 Å². The van der Waals surface area contributed by atoms with Crippen molar-refractivity contribution in [3.8, 4) is 11.5 Å². The second-order valence-corrected chi connectivity index (χ2v) is 9.01. The van der Waals surface area contributed by atoms with E-state index in [1.54, 1.807) is 6.07 Å². The van der Waals surface area contributed by atoms with Crippen LogP contribution in [-0.4, -0.2) is 58.9 Å². The van der Waals surface area contributed by atoms with Crippen LogP contribution in [0.4, 0.5) is 0 Å². The average Bonchev–Trinajstić information content (AvgIpc) is 3.28. The molecule has 3 rings (SSSR count). The Labute approximate surface area is 214 Å². The highest BCUT2D eigenvalue weighted by atomic mass is 79.9. The minimum absolute atomic E-state index is 0.0356. The van der Waals surface area contributed by atoms with Crippen LogP contribution in [0.5, 0.6) is 11.5 Å². The number of carbonyl (C=O) groups is 4. The Morgan fingerprint density at radius 1 is 1.19 bits per heavy atom. The van der Waals surface area contributed by atoms with Crippen molar-refractivity contribution in [2.24, 2.45) is 5.73 Å². The number of hydrogen-bond donors (Lipinski definition) is 5. The second-order valence-electron chi connectivity index (χ2n) is 8.10. The van der Waals surface area contributed by atoms with E-state index in [4.69, 9.17) is 30.8 Å². The van der Waals surface area contributed by atoms with Gasteiger partial charge in [0.05, 0.1) is 18.2 Å². The van der Waals surface area contributed by atoms with E-state index in [1.165, 1.54) is 18.2 Å². The van der Waals surface area contributed by atoms with E-state index in [0.29, 0.717) is 28.8 Å². The highest BCUT2D eigenvalue weighted by molar-refractivity contribution is 9.10. The third kappa shape index (κ3) is 6.81. The molecule has 190 valence electrons. The SMILES string of the molecule is N=C(N)c1ccc(CC(=O)C(=O)O)c(OC[C@@H](CCC(=O)O)NC(=O)c2cc(Br)cc3c2OCC3)c1. The molecule has 1 atom stereocenters. The Morgan fingerprint density at radius 2 is 1.94 bits per heavy atom. The predicted octanol–water partition coefficient (Wildman–Crippen LogP) is 1.91. The molecule has 0 fully saturated rings. The van der Waals surface area contributed by atoms with Crippen molar-refractivity contribution >= 4 is 45.4 Å². The van der Waals surface area contributed by atoms with E-state index in [-0.39, 0.29) is 42.2 Å². The lowest BCUT2D eigenvalue weighted by Gasteiger charge is -2.21. The van der Waals surface area contributed by atoms with Crippen LogP contribution >= 0.6 is 15.9 Å². The van der Waals surface area contributed by atoms with E-state index in [2.05, 4.69) is 21.2 Å². The van der Waals surface area contributed by atoms with Gasteiger partial charge in [0, 0.05) is 34.9 Å². The second kappa shape index (κ2) is 11.7. The van der Waals surface area contributed by atoms with Gasteiger partial charge < -0.3 is 30.7 Å². The van der Waals surface area contributed by atoms with Crippen LogP contribution in [0.15, 0.2) is 34.8 Å². The summed E-state index contributed by atoms with van der Waals surface area (Å²) in [5.74, 6) is -3.91. The highest BCUT2D eigenvalue weighted by Gasteiger charge is 2.25. The van der Waals surface area contributed by atoms with Crippen LogP contribution in [0.2, 0.25) is 0 Å². The van der Waals surface area contributed by atoms with Gasteiger partial charge in [-0.15, -0.1) is 0 Å². The fourth-order valence-corrected chi connectivity index (χ4v) is 4.14. The molecule has 11 nitrogen and oxygen atoms in total. The lowest BCUT2D eigenvalue weighted by Crippen LogP contribution is -2.39. The number of nitrogens with two attached hydrogens (primary N) is 1. The first-order chi connectivity index (χ1) is 17.0. The number of nitrogen functional groups attached to an aromatic ring is 1. The number of carbonyl (C=O) groups excluding carboxylic acids is 2. The number of Topliss-reactive ketones (excluding diaryl/α,β-unsaturated/α-hetero) is 1. The first kappa shape index (κ1) is 26.7. The molecular weight excluding hydrogens is 538 g/mol. The van der Waals surface area contributed by atoms with Crippen LogP contribution in [0.3, 0.4) is 0 Å². The first-order valence-corrected chi connectivity index (χ1v) is 11.7. The Hall–Kier alpha value is -3.93. The number of rotatable bonds is 12. The summed E-state index contributed by atoms with van der Waals surface area (Å²) in [7, 11) is 0. The molecule has 12 heteroatoms. The lowest BCUT2D eigenvalue weighted by molar-refractivity contribution is -0.148. The molecule has 0 aliphatic carbocycles. The summed E-state index contributed by atoms with van der Waals surface area (Å²) in [4.78, 5) is 47.0. The third-order valence-corrected chi connectivity index (χ3v) is 5.90. The van der Waals surface area contributed by atoms with E-state index in [1.807, 2.05) is 6.07 Å². The topological polar surface area (TPSA) is 189 Å². The molecule has 0 aromatic heterocycles. The molecule has 6 N–H and O–H groups in total. The van der Waals surface area contributed by atoms with Crippen LogP contribution in [0, 0.1) is 5.41 Å². The summed E-state index contributed by atoms with van der Waals surface area (Å²) in [6, 6.07) is 7.00. The van der Waals surface area contributed by atoms with Crippen molar-refractivity contribution < 1.29 is 38.9 Å². The van der Waals surface area contributed by atoms with E-state index in [0.717, 1.165) is 5.56 Å². The number of carboxylic acid groups (broad SMARTS) is 2. The number of ether oxygens (including phenoxy) is 2. The van der Waals surface area contributed by atoms with Crippen molar-refractivity contribution in [3.05, 3.63) is 57.1 Å². The number of nitrogens with one attached hydrogen (secondary N) is 2. The van der Waals surface area contributed by atoms with E-state index in [9.17, 15) is 19.2 Å². The molecule has 1 amide bonds. The van der Waals surface area contributed by atoms with Gasteiger partial charge in [-0.05, 0) is 30.2 Å². The molecule has 1 aliphatic heterocycles. The molecule has 0 unspecified atom stereocenters. The maximum atomic E-state index is 13.1. The van der Waals surface area contributed by atoms with E-state index < -0.39 is 36.1 Å². The maximum absolute atomic E-state index is 13.1. The Balaban J connectivity index is 1.82. The summed E-state index contributed by atoms with van der Waals surface area (Å²) in [6.07, 6.45) is -0.0192. The van der Waals surface area contributed by atoms with Gasteiger partial charge in [0.25, 0.3) is 5.91 Å². The van der Waals surface area contributed by atoms with Gasteiger partial charge in [0.1, 0.15) is 23.9 Å². The van der Waals surface area contributed by atoms with Gasteiger partial charge in [0.2, 0.25) is 5.78 Å². The van der Waals surface area contributed by atoms with Gasteiger partial charge in [-0.1, -0.05) is 28.1 Å². The fourth-order valence-electron chi connectivity index (χ4n) is 3.64. The molecule has 1 aliphatic rings. The molecule has 2 aromatic carbocycles. The predicted molar refractivity (Wildman–Crippen MR) is 131 cm³/mol. The lowest BCUT2D eigenvalue weighted by atomic mass is 10.0. The Kier molecular flexibility index (Phi) is 8.64. The molecule has 0 saturated heterocycles. The van der Waals surface area contributed by atoms with Crippen molar-refractivity contribution in [1.29, 1.82) is 5.41 Å². The summed E-state index contributed by atoms with van der Waals surface area (Å²) >= 11 is 3.38. The highest BCUT2D eigenvalue weighted by Crippen LogP contribution is 2.33. The molecule has 0 bridgehead atoms. The normalized spacial score (nSPS) is 12.7. The summed E-state index contributed by atoms with van der Waals surface area (Å²) in [6.45, 7) is 0.258. The van der Waals surface area contributed by atoms with Gasteiger partial charge in [-0.3, -0.25) is 19.8 Å². The minimum atomic E-state index is -1.60. The molecule has 2 aromatic rings. The monoisotopic (exact) mass is 561 g/mol. The van der Waals surface area contributed by atoms with Gasteiger partial charge in [-0.25, -0.2) is 4.79 Å². The van der Waals surface area contributed by atoms with Crippen LogP contribution in [-0.2, 0) is 27.2 Å². The Bertz CT molecular complexity index is 1230. The fraction of sp³-hybridized carbons (Fsp3) is 0.292. The first-order valence-electron chi connectivity index (χ1n) is 10.9. The number of hydrogen-bond acceptors (Lipinski definition) is 7. The number of ketones is 1. The van der Waals surface area contributed by atoms with Crippen molar-refractivity contribution in [2.45, 2.75) is 31.7 Å². The number of fused-ring (bicyclic) bond motifs is 1. The zero-order chi connectivity index (χ0) is 26.4. The van der Waals surface area contributed by atoms with Crippen LogP contribution in [0.25, 0.3) is 0 Å². The summed E-state index contributed by atoms with van der Waals surface area (Å²) < 4.78 is 12.1. The number of amides is 1. The van der Waals surface area contributed by atoms with E-state index >= 15 is 0 Å². The molecule has 0 radical (unpaired) electrons. The molecule has 1 heterocycles. The molecule has 0 spiro atoms. The number of benzene rings is 2. The Morgan fingerprint density at radius 3 is 2.61 bits per heavy atom. The number of halogens is 1. The smallest absolute Gasteiger partial charge is 0.372 e. The number of amidine groups is 1. The molecular formula is C24H24BrN3O8. The molecule has 0 saturated carbocycles. The van der Waals surface area contributed by atoms with Crippen LogP contribution in [0.1, 0.15) is 39.9 Å². The van der Waals surface area contributed by atoms with Crippen molar-refractivity contribution in [1.82, 2.24) is 5.32 Å². The van der Waals surface area contributed by atoms with Crippen LogP contribution < -0.4 is 20.5 Å². The quantitative estimate of drug-likeness (QED) is 0.146. The molecule has 36 heavy (non-hydrogen) atoms. The summed E-state index contributed by atoms with van der Waals surface area (Å²) in [5.41, 5.74) is 7.23. The van der Waals surface area contributed by atoms with Gasteiger partial charge in [0.15, 0.2) is 0 Å². The summed E-state index contributed by atoms with van der Waals surface area (Å²) in [5, 5.41) is 28.5. The standard InChI is InChI=1S/C24H24BrN3O8/c25-15-7-13-5-6-35-21(13)17(10-15)23(32)28-16(3-4-20(30)31)11-36-19-9-14(22(26)27)2-1-12(19)8-18(29)24(33)34/h1-2,7,9-10,16H,3-6,8,11H2,(H3,26,27)(H,28,32)(H,30,31)(H,33,34)/t16-/m1/s1. The van der Waals surface area contributed by atoms with Crippen molar-refractivity contribution in [3.63, 3.8) is 0 Å². The zero-order valence-corrected chi connectivity index (χ0v) is 20.6. The number of carboxylic acids is 2. The van der Waals surface area contributed by atoms with Crippen molar-refractivity contribution in [2.75, 3.05) is 13.2 Å². The largest absolute Gasteiger partial charge is 0.492 e. The average molecular weight is 562 g/mol. The minimum Gasteiger partial charge on any atom is -0.492 e. The number of aliphatic carboxylic acids is 2. The zero-order valence-electron chi connectivity index (χ0n) is 19.0. The third-order valence-electron chi connectivity index (χ3n) is 5.44. The van der Waals surface area contributed by atoms with Gasteiger partial charge in [-0.2, -0.15) is 0 Å².